The van der Waals surface area contributed by atoms with Gasteiger partial charge in [-0.2, -0.15) is 43.9 Å². The highest BCUT2D eigenvalue weighted by atomic mass is 32.2. The van der Waals surface area contributed by atoms with E-state index in [4.69, 9.17) is 34.3 Å². The highest BCUT2D eigenvalue weighted by molar-refractivity contribution is 8.08. The number of hydrogen-bond acceptors (Lipinski definition) is 23. The van der Waals surface area contributed by atoms with Gasteiger partial charge in [0.1, 0.15) is 53.3 Å². The Kier molecular flexibility index (Phi) is 21.2. The third-order valence-electron chi connectivity index (χ3n) is 10.6. The van der Waals surface area contributed by atoms with Crippen LogP contribution in [0.25, 0.3) is 9.81 Å². The van der Waals surface area contributed by atoms with Gasteiger partial charge in [0.2, 0.25) is 11.4 Å². The van der Waals surface area contributed by atoms with E-state index in [1.54, 1.807) is 72.0 Å². The molecule has 4 atom stereocenters. The number of aryl methyl sites for hydroxylation is 2. The fourth-order valence-electron chi connectivity index (χ4n) is 7.11. The number of carbonyl (C=O) groups is 7. The van der Waals surface area contributed by atoms with Gasteiger partial charge in [0.25, 0.3) is 23.6 Å². The number of nitrogens with one attached hydrogen (secondary N) is 2. The maximum atomic E-state index is 12.9. The van der Waals surface area contributed by atoms with Gasteiger partial charge in [0.05, 0.1) is 12.1 Å². The second-order valence-electron chi connectivity index (χ2n) is 15.9. The molecule has 0 aliphatic carbocycles. The summed E-state index contributed by atoms with van der Waals surface area (Å²) in [5, 5.41) is 42.4. The van der Waals surface area contributed by atoms with Gasteiger partial charge in [-0.25, -0.2) is 37.1 Å². The molecule has 4 aliphatic rings. The van der Waals surface area contributed by atoms with Gasteiger partial charge < -0.3 is 56.4 Å². The van der Waals surface area contributed by atoms with Crippen LogP contribution in [-0.2, 0) is 67.5 Å². The van der Waals surface area contributed by atoms with Crippen LogP contribution in [0.3, 0.4) is 0 Å². The second-order valence-corrected chi connectivity index (χ2v) is 21.1. The lowest BCUT2D eigenvalue weighted by Crippen LogP contribution is -2.73. The first-order valence-electron chi connectivity index (χ1n) is 21.7. The first-order chi connectivity index (χ1) is 38.6. The van der Waals surface area contributed by atoms with Crippen LogP contribution in [0.15, 0.2) is 81.3 Å². The largest absolute Gasteiger partial charge is 0.741 e. The summed E-state index contributed by atoms with van der Waals surface area (Å²) in [6.07, 6.45) is -1.69. The number of carboxylic acids is 3. The molecule has 4 unspecified atom stereocenters. The molecule has 0 aromatic carbocycles. The van der Waals surface area contributed by atoms with Gasteiger partial charge >= 0.3 is 36.8 Å². The molecule has 4 amide bonds. The zero-order chi connectivity index (χ0) is 62.2. The van der Waals surface area contributed by atoms with Crippen molar-refractivity contribution in [3.05, 3.63) is 93.7 Å². The van der Waals surface area contributed by atoms with E-state index in [1.807, 2.05) is 0 Å². The highest BCUT2D eigenvalue weighted by Crippen LogP contribution is 2.44. The number of rotatable bonds is 14. The fraction of sp³-hybridized carbons (Fsp3) is 0.293. The van der Waals surface area contributed by atoms with E-state index in [9.17, 15) is 82.9 Å². The molecule has 2 fully saturated rings. The van der Waals surface area contributed by atoms with Crippen molar-refractivity contribution >= 4 is 129 Å². The van der Waals surface area contributed by atoms with E-state index in [2.05, 4.69) is 40.6 Å². The Morgan fingerprint density at radius 1 is 0.723 bits per heavy atom. The number of amides is 4. The van der Waals surface area contributed by atoms with Crippen LogP contribution in [0.5, 0.6) is 0 Å². The topological polar surface area (TPSA) is 400 Å². The first kappa shape index (κ1) is 65.6. The van der Waals surface area contributed by atoms with Crippen LogP contribution in [-0.4, -0.2) is 156 Å². The number of nitrogens with two attached hydrogens (primary N) is 2. The average Bonchev–Trinajstić information content (AvgIpc) is 1.55. The van der Waals surface area contributed by atoms with Crippen LogP contribution in [0.1, 0.15) is 22.8 Å². The van der Waals surface area contributed by atoms with Crippen LogP contribution >= 0.6 is 46.2 Å². The van der Waals surface area contributed by atoms with Crippen molar-refractivity contribution in [2.75, 3.05) is 23.0 Å². The minimum Gasteiger partial charge on any atom is -0.741 e. The minimum atomic E-state index is -6.09. The predicted octanol–water partition coefficient (Wildman–Crippen LogP) is 0.128. The van der Waals surface area contributed by atoms with Crippen LogP contribution in [0, 0.1) is 0 Å². The van der Waals surface area contributed by atoms with Crippen molar-refractivity contribution in [3.8, 4) is 0 Å². The van der Waals surface area contributed by atoms with E-state index in [1.165, 1.54) is 34.3 Å². The van der Waals surface area contributed by atoms with E-state index < -0.39 is 112 Å². The van der Waals surface area contributed by atoms with E-state index >= 15 is 0 Å². The Morgan fingerprint density at radius 2 is 1.06 bits per heavy atom. The molecular formula is C41H34F10N12O15S5. The van der Waals surface area contributed by atoms with Crippen LogP contribution in [0.2, 0.25) is 0 Å². The Labute approximate surface area is 472 Å². The molecule has 0 radical (unpaired) electrons. The lowest BCUT2D eigenvalue weighted by atomic mass is 9.94. The maximum absolute atomic E-state index is 12.9. The molecule has 42 heteroatoms. The van der Waals surface area contributed by atoms with Gasteiger partial charge in [-0.1, -0.05) is 10.3 Å². The number of anilines is 2. The summed E-state index contributed by atoms with van der Waals surface area (Å²) >= 11 is 4.38. The standard InChI is InChI=1S/2C19H16F2N6O5S2.C2HF3O2.CHF3O3S/c2*1-26-5-3-2-4-9(26)14-13(17(30)31)27-10(7-33-14)12(16(27)29)24-15(28)11(25-32-18(20)21)8-6-34-19(22)23-8;3-2(4,5)1(6)7;2-1(3,4)8(5,6)7/h2*2-6,10,12,18H,7H2,1H3,(H3-,22,23,24,28,30,31);(H,6,7);(H,5,6,7). The summed E-state index contributed by atoms with van der Waals surface area (Å²) in [5.74, 6) is -8.29. The second kappa shape index (κ2) is 26.8. The molecule has 448 valence electrons. The fourth-order valence-corrected chi connectivity index (χ4v) is 10.9. The number of β-lactam (4-membered cyclic amide) rings is 2. The number of aromatic nitrogens is 4. The predicted molar refractivity (Wildman–Crippen MR) is 262 cm³/mol. The molecule has 0 spiro atoms. The average molecular weight is 1290 g/mol. The smallest absolute Gasteiger partial charge is 0.485 e. The number of halogens is 10. The van der Waals surface area contributed by atoms with Crippen LogP contribution in [0.4, 0.5) is 54.2 Å². The third kappa shape index (κ3) is 15.9. The number of oxime groups is 2. The monoisotopic (exact) mass is 1280 g/mol. The summed E-state index contributed by atoms with van der Waals surface area (Å²) in [6, 6.07) is 7.04. The van der Waals surface area contributed by atoms with E-state index in [0.717, 1.165) is 32.5 Å². The highest BCUT2D eigenvalue weighted by Gasteiger charge is 2.56. The molecule has 83 heavy (non-hydrogen) atoms. The zero-order valence-corrected chi connectivity index (χ0v) is 45.0. The number of hydrogen-bond donors (Lipinski definition) is 6. The molecule has 0 saturated carbocycles. The summed E-state index contributed by atoms with van der Waals surface area (Å²) in [7, 11) is -2.58. The number of pyridine rings is 2. The Hall–Kier alpha value is -8.22. The molecular weight excluding hydrogens is 1250 g/mol. The summed E-state index contributed by atoms with van der Waals surface area (Å²) in [4.78, 5) is 103. The summed E-state index contributed by atoms with van der Waals surface area (Å²) in [5.41, 5.74) is 4.89. The number of fused-ring (bicyclic) bond motifs is 2. The molecule has 8 N–H and O–H groups in total. The molecule has 4 aliphatic heterocycles. The molecule has 0 bridgehead atoms. The minimum absolute atomic E-state index is 0.0694. The molecule has 8 rings (SSSR count). The van der Waals surface area contributed by atoms with Gasteiger partial charge in [0.15, 0.2) is 55.6 Å². The van der Waals surface area contributed by atoms with Crippen molar-refractivity contribution in [2.45, 2.75) is 49.1 Å². The molecule has 2 saturated heterocycles. The summed E-state index contributed by atoms with van der Waals surface area (Å²) < 4.78 is 144. The van der Waals surface area contributed by atoms with Crippen molar-refractivity contribution in [3.63, 3.8) is 0 Å². The van der Waals surface area contributed by atoms with Gasteiger partial charge in [-0.05, 0) is 12.1 Å². The van der Waals surface area contributed by atoms with Crippen molar-refractivity contribution in [1.82, 2.24) is 30.4 Å². The van der Waals surface area contributed by atoms with Gasteiger partial charge in [-0.3, -0.25) is 29.0 Å². The van der Waals surface area contributed by atoms with Crippen molar-refractivity contribution in [1.29, 1.82) is 0 Å². The first-order valence-corrected chi connectivity index (χ1v) is 26.9. The Balaban J connectivity index is 0.000000244. The van der Waals surface area contributed by atoms with E-state index in [-0.39, 0.29) is 33.0 Å². The maximum Gasteiger partial charge on any atom is 0.485 e. The van der Waals surface area contributed by atoms with Gasteiger partial charge in [0, 0.05) is 46.5 Å². The number of carboxylic acid groups (broad SMARTS) is 3. The van der Waals surface area contributed by atoms with Crippen LogP contribution < -0.4 is 36.3 Å². The molecule has 27 nitrogen and oxygen atoms in total. The molecule has 4 aromatic rings. The van der Waals surface area contributed by atoms with Gasteiger partial charge in [-0.15, -0.1) is 46.2 Å². The lowest BCUT2D eigenvalue weighted by Gasteiger charge is -2.49. The number of thioether (sulfide) groups is 2. The third-order valence-corrected chi connectivity index (χ3v) is 14.9. The molecule has 8 heterocycles. The SMILES string of the molecule is C[n+]1ccccc1C1=C(C(=O)O)N2C(=O)C(NC(=O)C(=NOC(F)F)c3csc(N)n3)C2CS1.C[n+]1ccccc1C1=C(C(=O)O)N2C(=O)C(NC(=O)C(=NOC(F)F)c3csc(N)n3)C2CS1.O=C([O-])C(F)(F)F.O=S(=O)([O-])C(F)(F)F. The Bertz CT molecular complexity index is 3250. The number of nitrogens with zero attached hydrogens (tertiary/aromatic N) is 8. The number of carbonyl (C=O) groups excluding carboxylic acids is 5. The zero-order valence-electron chi connectivity index (χ0n) is 40.9. The Morgan fingerprint density at radius 3 is 1.31 bits per heavy atom. The number of nitrogen functional groups attached to an aromatic ring is 2. The number of thiazole rings is 2. The van der Waals surface area contributed by atoms with Crippen molar-refractivity contribution in [2.24, 2.45) is 24.4 Å². The molecule has 4 aromatic heterocycles. The van der Waals surface area contributed by atoms with Crippen molar-refractivity contribution < 1.29 is 125 Å². The lowest BCUT2D eigenvalue weighted by molar-refractivity contribution is -0.673. The number of alkyl halides is 10. The quantitative estimate of drug-likeness (QED) is 0.0186. The normalized spacial score (nSPS) is 18.8. The summed E-state index contributed by atoms with van der Waals surface area (Å²) in [6.45, 7) is -6.56. The number of aliphatic carboxylic acids is 3. The van der Waals surface area contributed by atoms with E-state index in [0.29, 0.717) is 32.7 Å².